The van der Waals surface area contributed by atoms with Crippen molar-refractivity contribution in [3.8, 4) is 5.75 Å². The molecule has 37 heavy (non-hydrogen) atoms. The molecule has 0 aliphatic heterocycles. The number of amides is 2. The standard InChI is InChI=1S/C29H33N5O3/c1-20(2)17-18-30-29(36)28(22-11-9-21(3)10-12-22)34(23-13-15-24(37-4)16-14-23)27(35)19-33-26-8-6-5-7-25(26)31-32-33/h5-16,20,28H,17-19H2,1-4H3,(H,30,36)/t28-/m1/s1. The van der Waals surface area contributed by atoms with Crippen LogP contribution in [0.3, 0.4) is 0 Å². The molecule has 8 heteroatoms. The van der Waals surface area contributed by atoms with Gasteiger partial charge in [-0.2, -0.15) is 0 Å². The second kappa shape index (κ2) is 11.7. The summed E-state index contributed by atoms with van der Waals surface area (Å²) in [6, 6.07) is 21.4. The van der Waals surface area contributed by atoms with E-state index in [1.807, 2.05) is 55.5 Å². The molecule has 192 valence electrons. The summed E-state index contributed by atoms with van der Waals surface area (Å²) in [6.07, 6.45) is 0.841. The molecule has 0 fully saturated rings. The molecule has 0 radical (unpaired) electrons. The lowest BCUT2D eigenvalue weighted by atomic mass is 10.0. The zero-order valence-electron chi connectivity index (χ0n) is 21.7. The van der Waals surface area contributed by atoms with Crippen LogP contribution in [0.15, 0.2) is 72.8 Å². The van der Waals surface area contributed by atoms with Gasteiger partial charge in [0, 0.05) is 12.2 Å². The van der Waals surface area contributed by atoms with Crippen LogP contribution in [0.4, 0.5) is 5.69 Å². The number of nitrogens with zero attached hydrogens (tertiary/aromatic N) is 4. The molecule has 4 aromatic rings. The molecule has 0 spiro atoms. The quantitative estimate of drug-likeness (QED) is 0.342. The summed E-state index contributed by atoms with van der Waals surface area (Å²) in [5.41, 5.74) is 3.82. The minimum absolute atomic E-state index is 0.0752. The van der Waals surface area contributed by atoms with Crippen molar-refractivity contribution in [2.75, 3.05) is 18.6 Å². The molecule has 0 unspecified atom stereocenters. The summed E-state index contributed by atoms with van der Waals surface area (Å²) >= 11 is 0. The number of nitrogens with one attached hydrogen (secondary N) is 1. The van der Waals surface area contributed by atoms with Gasteiger partial charge in [-0.15, -0.1) is 5.10 Å². The Morgan fingerprint density at radius 1 is 1.00 bits per heavy atom. The summed E-state index contributed by atoms with van der Waals surface area (Å²) in [6.45, 7) is 6.66. The van der Waals surface area contributed by atoms with Crippen molar-refractivity contribution in [2.24, 2.45) is 5.92 Å². The first-order valence-corrected chi connectivity index (χ1v) is 12.5. The Bertz CT molecular complexity index is 1350. The first-order chi connectivity index (χ1) is 17.9. The number of aromatic nitrogens is 3. The fraction of sp³-hybridized carbons (Fsp3) is 0.310. The number of methoxy groups -OCH3 is 1. The lowest BCUT2D eigenvalue weighted by molar-refractivity contribution is -0.127. The SMILES string of the molecule is COc1ccc(N(C(=O)Cn2nnc3ccccc32)[C@@H](C(=O)NCCC(C)C)c2ccc(C)cc2)cc1. The third-order valence-corrected chi connectivity index (χ3v) is 6.25. The maximum atomic E-state index is 14.0. The highest BCUT2D eigenvalue weighted by Crippen LogP contribution is 2.30. The van der Waals surface area contributed by atoms with Crippen LogP contribution in [0, 0.1) is 12.8 Å². The van der Waals surface area contributed by atoms with Crippen LogP contribution in [0.25, 0.3) is 11.0 Å². The van der Waals surface area contributed by atoms with Gasteiger partial charge in [-0.1, -0.05) is 61.0 Å². The lowest BCUT2D eigenvalue weighted by Crippen LogP contribution is -2.45. The monoisotopic (exact) mass is 499 g/mol. The van der Waals surface area contributed by atoms with Gasteiger partial charge in [0.25, 0.3) is 0 Å². The molecular formula is C29H33N5O3. The van der Waals surface area contributed by atoms with Gasteiger partial charge < -0.3 is 10.1 Å². The maximum Gasteiger partial charge on any atom is 0.249 e. The number of para-hydroxylation sites is 1. The highest BCUT2D eigenvalue weighted by molar-refractivity contribution is 6.01. The minimum Gasteiger partial charge on any atom is -0.497 e. The summed E-state index contributed by atoms with van der Waals surface area (Å²) < 4.78 is 6.89. The molecule has 2 amide bonds. The largest absolute Gasteiger partial charge is 0.497 e. The molecule has 1 aromatic heterocycles. The molecule has 0 saturated carbocycles. The minimum atomic E-state index is -0.872. The van der Waals surface area contributed by atoms with E-state index in [-0.39, 0.29) is 18.4 Å². The van der Waals surface area contributed by atoms with Crippen LogP contribution in [0.5, 0.6) is 5.75 Å². The van der Waals surface area contributed by atoms with E-state index in [0.29, 0.717) is 29.4 Å². The van der Waals surface area contributed by atoms with Crippen LogP contribution < -0.4 is 15.0 Å². The van der Waals surface area contributed by atoms with Crippen molar-refractivity contribution in [1.82, 2.24) is 20.3 Å². The second-order valence-corrected chi connectivity index (χ2v) is 9.48. The molecule has 3 aromatic carbocycles. The molecular weight excluding hydrogens is 466 g/mol. The number of carbonyl (C=O) groups is 2. The van der Waals surface area contributed by atoms with Gasteiger partial charge in [0.1, 0.15) is 23.9 Å². The van der Waals surface area contributed by atoms with Crippen molar-refractivity contribution < 1.29 is 14.3 Å². The molecule has 4 rings (SSSR count). The third kappa shape index (κ3) is 6.14. The first-order valence-electron chi connectivity index (χ1n) is 12.5. The van der Waals surface area contributed by atoms with Gasteiger partial charge >= 0.3 is 0 Å². The van der Waals surface area contributed by atoms with Crippen molar-refractivity contribution in [2.45, 2.75) is 39.8 Å². The summed E-state index contributed by atoms with van der Waals surface area (Å²) in [5.74, 6) is 0.576. The summed E-state index contributed by atoms with van der Waals surface area (Å²) in [5, 5.41) is 11.4. The Morgan fingerprint density at radius 3 is 2.38 bits per heavy atom. The zero-order chi connectivity index (χ0) is 26.4. The average molecular weight is 500 g/mol. The highest BCUT2D eigenvalue weighted by atomic mass is 16.5. The van der Waals surface area contributed by atoms with E-state index in [0.717, 1.165) is 23.1 Å². The van der Waals surface area contributed by atoms with Crippen molar-refractivity contribution in [3.63, 3.8) is 0 Å². The predicted octanol–water partition coefficient (Wildman–Crippen LogP) is 4.69. The van der Waals surface area contributed by atoms with Gasteiger partial charge in [-0.3, -0.25) is 14.5 Å². The van der Waals surface area contributed by atoms with Crippen LogP contribution in [0.1, 0.15) is 37.4 Å². The number of fused-ring (bicyclic) bond motifs is 1. The molecule has 0 aliphatic rings. The smallest absolute Gasteiger partial charge is 0.249 e. The summed E-state index contributed by atoms with van der Waals surface area (Å²) in [4.78, 5) is 29.3. The average Bonchev–Trinajstić information content (AvgIpc) is 3.30. The number of anilines is 1. The van der Waals surface area contributed by atoms with Crippen molar-refractivity contribution >= 4 is 28.5 Å². The topological polar surface area (TPSA) is 89.3 Å². The van der Waals surface area contributed by atoms with Crippen LogP contribution in [-0.2, 0) is 16.1 Å². The Kier molecular flexibility index (Phi) is 8.18. The van der Waals surface area contributed by atoms with E-state index in [1.54, 1.807) is 41.0 Å². The number of rotatable bonds is 10. The van der Waals surface area contributed by atoms with Crippen LogP contribution in [-0.4, -0.2) is 40.5 Å². The zero-order valence-corrected chi connectivity index (χ0v) is 21.7. The molecule has 1 atom stereocenters. The highest BCUT2D eigenvalue weighted by Gasteiger charge is 2.33. The van der Waals surface area contributed by atoms with E-state index < -0.39 is 6.04 Å². The Balaban J connectivity index is 1.76. The first kappa shape index (κ1) is 25.9. The number of hydrogen-bond donors (Lipinski definition) is 1. The lowest BCUT2D eigenvalue weighted by Gasteiger charge is -2.32. The molecule has 0 aliphatic carbocycles. The van der Waals surface area contributed by atoms with Crippen molar-refractivity contribution in [3.05, 3.63) is 83.9 Å². The molecule has 8 nitrogen and oxygen atoms in total. The Morgan fingerprint density at radius 2 is 1.70 bits per heavy atom. The number of hydrogen-bond acceptors (Lipinski definition) is 5. The number of aryl methyl sites for hydroxylation is 1. The number of carbonyl (C=O) groups excluding carboxylic acids is 2. The van der Waals surface area contributed by atoms with Gasteiger partial charge in [-0.25, -0.2) is 4.68 Å². The van der Waals surface area contributed by atoms with E-state index in [2.05, 4.69) is 29.5 Å². The third-order valence-electron chi connectivity index (χ3n) is 6.25. The van der Waals surface area contributed by atoms with Gasteiger partial charge in [0.05, 0.1) is 12.6 Å². The normalized spacial score (nSPS) is 11.9. The molecule has 1 N–H and O–H groups in total. The van der Waals surface area contributed by atoms with Crippen LogP contribution in [0.2, 0.25) is 0 Å². The van der Waals surface area contributed by atoms with E-state index >= 15 is 0 Å². The van der Waals surface area contributed by atoms with Crippen molar-refractivity contribution in [1.29, 1.82) is 0 Å². The fourth-order valence-corrected chi connectivity index (χ4v) is 4.17. The van der Waals surface area contributed by atoms with Crippen LogP contribution >= 0.6 is 0 Å². The molecule has 1 heterocycles. The Hall–Kier alpha value is -4.20. The predicted molar refractivity (Wildman–Crippen MR) is 144 cm³/mol. The Labute approximate surface area is 217 Å². The molecule has 0 bridgehead atoms. The molecule has 0 saturated heterocycles. The van der Waals surface area contributed by atoms with E-state index in [4.69, 9.17) is 4.74 Å². The fourth-order valence-electron chi connectivity index (χ4n) is 4.17. The number of ether oxygens (including phenoxy) is 1. The second-order valence-electron chi connectivity index (χ2n) is 9.48. The van der Waals surface area contributed by atoms with Gasteiger partial charge in [0.2, 0.25) is 11.8 Å². The maximum absolute atomic E-state index is 14.0. The number of benzene rings is 3. The van der Waals surface area contributed by atoms with E-state index in [9.17, 15) is 9.59 Å². The van der Waals surface area contributed by atoms with E-state index in [1.165, 1.54) is 0 Å². The summed E-state index contributed by atoms with van der Waals surface area (Å²) in [7, 11) is 1.59. The van der Waals surface area contributed by atoms with Gasteiger partial charge in [0.15, 0.2) is 0 Å². The van der Waals surface area contributed by atoms with Gasteiger partial charge in [-0.05, 0) is 61.2 Å².